The molecule has 0 amide bonds. The highest BCUT2D eigenvalue weighted by molar-refractivity contribution is 7.90. The molecule has 3 nitrogen and oxygen atoms in total. The van der Waals surface area contributed by atoms with E-state index in [0.717, 1.165) is 0 Å². The van der Waals surface area contributed by atoms with E-state index in [2.05, 4.69) is 0 Å². The van der Waals surface area contributed by atoms with Gasteiger partial charge in [0, 0.05) is 12.4 Å². The van der Waals surface area contributed by atoms with Gasteiger partial charge in [0.05, 0.1) is 0 Å². The summed E-state index contributed by atoms with van der Waals surface area (Å²) >= 11 is 5.13. The van der Waals surface area contributed by atoms with Crippen molar-refractivity contribution >= 4 is 21.6 Å². The first kappa shape index (κ1) is 12.0. The molecular formula is C4H7ClF3NO2S. The molecule has 0 unspecified atom stereocenters. The fourth-order valence-electron chi connectivity index (χ4n) is 0.355. The van der Waals surface area contributed by atoms with Crippen LogP contribution in [-0.2, 0) is 10.0 Å². The zero-order valence-corrected chi connectivity index (χ0v) is 7.43. The molecule has 8 heteroatoms. The Labute approximate surface area is 72.9 Å². The number of rotatable bonds is 4. The molecular weight excluding hydrogens is 219 g/mol. The van der Waals surface area contributed by atoms with Crippen molar-refractivity contribution in [3.63, 3.8) is 0 Å². The molecule has 0 aliphatic heterocycles. The fraction of sp³-hybridized carbons (Fsp3) is 1.00. The molecule has 0 rings (SSSR count). The van der Waals surface area contributed by atoms with Crippen LogP contribution in [0.1, 0.15) is 6.42 Å². The van der Waals surface area contributed by atoms with Gasteiger partial charge in [-0.05, 0) is 6.42 Å². The Balaban J connectivity index is 4.08. The van der Waals surface area contributed by atoms with E-state index >= 15 is 0 Å². The van der Waals surface area contributed by atoms with Crippen molar-refractivity contribution in [3.8, 4) is 0 Å². The Bertz CT molecular complexity index is 225. The second kappa shape index (κ2) is 4.29. The van der Waals surface area contributed by atoms with Gasteiger partial charge in [0.2, 0.25) is 0 Å². The molecule has 0 bridgehead atoms. The Morgan fingerprint density at radius 3 is 2.17 bits per heavy atom. The summed E-state index contributed by atoms with van der Waals surface area (Å²) in [5, 5.41) is 0. The van der Waals surface area contributed by atoms with E-state index in [0.29, 0.717) is 0 Å². The minimum atomic E-state index is -5.24. The number of hydrogen-bond donors (Lipinski definition) is 1. The van der Waals surface area contributed by atoms with Crippen LogP contribution in [0.2, 0.25) is 0 Å². The van der Waals surface area contributed by atoms with E-state index in [1.165, 1.54) is 4.72 Å². The standard InChI is InChI=1S/C4H7ClF3NO2S/c5-2-1-3-9-12(10,11)4(6,7)8/h9H,1-3H2. The van der Waals surface area contributed by atoms with Crippen molar-refractivity contribution in [2.24, 2.45) is 0 Å². The summed E-state index contributed by atoms with van der Waals surface area (Å²) in [7, 11) is -5.18. The van der Waals surface area contributed by atoms with E-state index < -0.39 is 15.5 Å². The lowest BCUT2D eigenvalue weighted by molar-refractivity contribution is -0.0447. The SMILES string of the molecule is O=S(=O)(NCCCCl)C(F)(F)F. The van der Waals surface area contributed by atoms with Crippen molar-refractivity contribution < 1.29 is 21.6 Å². The predicted octanol–water partition coefficient (Wildman–Crippen LogP) is 1.05. The second-order valence-corrected chi connectivity index (χ2v) is 4.02. The van der Waals surface area contributed by atoms with Crippen LogP contribution in [0.15, 0.2) is 0 Å². The summed E-state index contributed by atoms with van der Waals surface area (Å²) in [6.07, 6.45) is 0.164. The van der Waals surface area contributed by atoms with E-state index in [-0.39, 0.29) is 18.8 Å². The summed E-state index contributed by atoms with van der Waals surface area (Å²) < 4.78 is 56.6. The van der Waals surface area contributed by atoms with Crippen LogP contribution in [0.4, 0.5) is 13.2 Å². The molecule has 0 heterocycles. The molecule has 0 aromatic rings. The molecule has 0 spiro atoms. The first-order valence-corrected chi connectivity index (χ1v) is 4.95. The minimum Gasteiger partial charge on any atom is -0.207 e. The number of alkyl halides is 4. The van der Waals surface area contributed by atoms with Crippen molar-refractivity contribution in [2.45, 2.75) is 11.9 Å². The van der Waals surface area contributed by atoms with Gasteiger partial charge in [-0.15, -0.1) is 11.6 Å². The first-order valence-electron chi connectivity index (χ1n) is 2.93. The summed E-state index contributed by atoms with van der Waals surface area (Å²) in [5.74, 6) is 0.111. The lowest BCUT2D eigenvalue weighted by Gasteiger charge is -2.07. The van der Waals surface area contributed by atoms with Crippen molar-refractivity contribution in [3.05, 3.63) is 0 Å². The number of nitrogens with one attached hydrogen (secondary N) is 1. The van der Waals surface area contributed by atoms with Gasteiger partial charge in [-0.3, -0.25) is 0 Å². The maximum atomic E-state index is 11.6. The van der Waals surface area contributed by atoms with Gasteiger partial charge in [-0.25, -0.2) is 13.1 Å². The number of sulfonamides is 1. The summed E-state index contributed by atoms with van der Waals surface area (Å²) in [6, 6.07) is 0. The molecule has 0 radical (unpaired) electrons. The lowest BCUT2D eigenvalue weighted by Crippen LogP contribution is -2.37. The normalized spacial score (nSPS) is 13.3. The van der Waals surface area contributed by atoms with E-state index in [4.69, 9.17) is 11.6 Å². The molecule has 0 aromatic carbocycles. The van der Waals surface area contributed by atoms with Crippen LogP contribution in [0.5, 0.6) is 0 Å². The monoisotopic (exact) mass is 225 g/mol. The number of halogens is 4. The Kier molecular flexibility index (Phi) is 4.29. The molecule has 0 fully saturated rings. The van der Waals surface area contributed by atoms with Crippen LogP contribution >= 0.6 is 11.6 Å². The molecule has 0 atom stereocenters. The summed E-state index contributed by atoms with van der Waals surface area (Å²) in [6.45, 7) is -0.300. The van der Waals surface area contributed by atoms with Gasteiger partial charge in [-0.2, -0.15) is 13.2 Å². The van der Waals surface area contributed by atoms with Gasteiger partial charge in [0.1, 0.15) is 0 Å². The molecule has 1 N–H and O–H groups in total. The quantitative estimate of drug-likeness (QED) is 0.574. The summed E-state index contributed by atoms with van der Waals surface area (Å²) in [5.41, 5.74) is -5.24. The topological polar surface area (TPSA) is 46.2 Å². The van der Waals surface area contributed by atoms with Gasteiger partial charge in [0.25, 0.3) is 0 Å². The predicted molar refractivity (Wildman–Crippen MR) is 38.3 cm³/mol. The van der Waals surface area contributed by atoms with Crippen LogP contribution in [0.3, 0.4) is 0 Å². The maximum absolute atomic E-state index is 11.6. The van der Waals surface area contributed by atoms with Gasteiger partial charge in [0.15, 0.2) is 0 Å². The Morgan fingerprint density at radius 1 is 1.33 bits per heavy atom. The highest BCUT2D eigenvalue weighted by Gasteiger charge is 2.45. The Hall–Kier alpha value is -0.0100. The third-order valence-corrected chi connectivity index (χ3v) is 2.37. The van der Waals surface area contributed by atoms with Crippen LogP contribution in [0, 0.1) is 0 Å². The van der Waals surface area contributed by atoms with Gasteiger partial charge >= 0.3 is 15.5 Å². The van der Waals surface area contributed by atoms with E-state index in [1.807, 2.05) is 0 Å². The van der Waals surface area contributed by atoms with Crippen LogP contribution in [-0.4, -0.2) is 26.4 Å². The average molecular weight is 226 g/mol. The molecule has 0 saturated carbocycles. The van der Waals surface area contributed by atoms with E-state index in [1.54, 1.807) is 0 Å². The zero-order valence-electron chi connectivity index (χ0n) is 5.86. The summed E-state index contributed by atoms with van der Waals surface area (Å²) in [4.78, 5) is 0. The molecule has 0 aliphatic rings. The molecule has 0 aromatic heterocycles. The highest BCUT2D eigenvalue weighted by Crippen LogP contribution is 2.21. The van der Waals surface area contributed by atoms with Gasteiger partial charge in [-0.1, -0.05) is 0 Å². The third-order valence-electron chi connectivity index (χ3n) is 0.907. The molecule has 12 heavy (non-hydrogen) atoms. The Morgan fingerprint density at radius 2 is 1.83 bits per heavy atom. The largest absolute Gasteiger partial charge is 0.511 e. The molecule has 74 valence electrons. The zero-order chi connectivity index (χ0) is 9.83. The fourth-order valence-corrected chi connectivity index (χ4v) is 1.07. The maximum Gasteiger partial charge on any atom is 0.511 e. The van der Waals surface area contributed by atoms with Gasteiger partial charge < -0.3 is 0 Å². The highest BCUT2D eigenvalue weighted by atomic mass is 35.5. The lowest BCUT2D eigenvalue weighted by atomic mass is 10.5. The minimum absolute atomic E-state index is 0.111. The molecule has 0 aliphatic carbocycles. The first-order chi connectivity index (χ1) is 5.31. The molecule has 0 saturated heterocycles. The van der Waals surface area contributed by atoms with Crippen LogP contribution in [0.25, 0.3) is 0 Å². The smallest absolute Gasteiger partial charge is 0.207 e. The average Bonchev–Trinajstić information content (AvgIpc) is 1.85. The van der Waals surface area contributed by atoms with E-state index in [9.17, 15) is 21.6 Å². The van der Waals surface area contributed by atoms with Crippen LogP contribution < -0.4 is 4.72 Å². The van der Waals surface area contributed by atoms with Crippen molar-refractivity contribution in [1.82, 2.24) is 4.72 Å². The number of hydrogen-bond acceptors (Lipinski definition) is 2. The van der Waals surface area contributed by atoms with Crippen molar-refractivity contribution in [2.75, 3.05) is 12.4 Å². The second-order valence-electron chi connectivity index (χ2n) is 1.89. The van der Waals surface area contributed by atoms with Crippen molar-refractivity contribution in [1.29, 1.82) is 0 Å². The third kappa shape index (κ3) is 3.59.